The summed E-state index contributed by atoms with van der Waals surface area (Å²) in [5, 5.41) is 0. The molecule has 8 heteroatoms. The number of carbonyl (C=O) groups is 2. The molecule has 1 aliphatic rings. The van der Waals surface area contributed by atoms with E-state index in [9.17, 15) is 9.59 Å². The third kappa shape index (κ3) is 4.42. The van der Waals surface area contributed by atoms with Crippen LogP contribution in [0.1, 0.15) is 31.3 Å². The van der Waals surface area contributed by atoms with Gasteiger partial charge in [0.1, 0.15) is 11.5 Å². The number of amides is 2. The van der Waals surface area contributed by atoms with E-state index in [1.807, 2.05) is 58.8 Å². The van der Waals surface area contributed by atoms with E-state index < -0.39 is 5.41 Å². The van der Waals surface area contributed by atoms with Gasteiger partial charge in [0, 0.05) is 65.9 Å². The van der Waals surface area contributed by atoms with Crippen molar-refractivity contribution in [1.29, 1.82) is 0 Å². The van der Waals surface area contributed by atoms with Gasteiger partial charge in [-0.2, -0.15) is 4.98 Å². The monoisotopic (exact) mass is 362 g/mol. The van der Waals surface area contributed by atoms with E-state index in [1.54, 1.807) is 15.9 Å². The predicted octanol–water partition coefficient (Wildman–Crippen LogP) is 0.939. The van der Waals surface area contributed by atoms with Crippen LogP contribution in [0.3, 0.4) is 0 Å². The molecule has 1 aromatic heterocycles. The van der Waals surface area contributed by atoms with E-state index in [4.69, 9.17) is 0 Å². The second-order valence-corrected chi connectivity index (χ2v) is 8.03. The van der Waals surface area contributed by atoms with Crippen LogP contribution in [-0.2, 0) is 4.79 Å². The lowest BCUT2D eigenvalue weighted by Crippen LogP contribution is -2.53. The Labute approximate surface area is 155 Å². The Kier molecular flexibility index (Phi) is 5.73. The minimum absolute atomic E-state index is 0.122. The summed E-state index contributed by atoms with van der Waals surface area (Å²) in [5.74, 6) is 1.19. The van der Waals surface area contributed by atoms with Gasteiger partial charge in [0.25, 0.3) is 5.91 Å². The Morgan fingerprint density at radius 2 is 1.46 bits per heavy atom. The van der Waals surface area contributed by atoms with Gasteiger partial charge in [-0.25, -0.2) is 4.98 Å². The van der Waals surface area contributed by atoms with Crippen LogP contribution in [-0.4, -0.2) is 86.0 Å². The minimum atomic E-state index is -0.403. The lowest BCUT2D eigenvalue weighted by Gasteiger charge is -2.37. The van der Waals surface area contributed by atoms with Crippen molar-refractivity contribution in [2.24, 2.45) is 5.41 Å². The fraction of sp³-hybridized carbons (Fsp3) is 0.667. The summed E-state index contributed by atoms with van der Waals surface area (Å²) < 4.78 is 0. The largest absolute Gasteiger partial charge is 0.363 e. The molecule has 1 aliphatic heterocycles. The zero-order valence-electron chi connectivity index (χ0n) is 16.9. The van der Waals surface area contributed by atoms with Gasteiger partial charge in [-0.1, -0.05) is 20.8 Å². The molecule has 0 spiro atoms. The van der Waals surface area contributed by atoms with Gasteiger partial charge in [-0.15, -0.1) is 0 Å². The topological polar surface area (TPSA) is 72.9 Å². The average Bonchev–Trinajstić information content (AvgIpc) is 2.59. The molecule has 0 saturated carbocycles. The van der Waals surface area contributed by atoms with Gasteiger partial charge in [0.15, 0.2) is 0 Å². The van der Waals surface area contributed by atoms with Crippen molar-refractivity contribution in [3.8, 4) is 0 Å². The fourth-order valence-electron chi connectivity index (χ4n) is 2.71. The van der Waals surface area contributed by atoms with Crippen LogP contribution >= 0.6 is 0 Å². The molecule has 0 bridgehead atoms. The van der Waals surface area contributed by atoms with Gasteiger partial charge in [0.2, 0.25) is 11.9 Å². The molecule has 0 aromatic carbocycles. The zero-order chi connectivity index (χ0) is 19.6. The molecule has 0 atom stereocenters. The molecule has 0 aliphatic carbocycles. The van der Waals surface area contributed by atoms with Crippen LogP contribution in [0.4, 0.5) is 11.8 Å². The lowest BCUT2D eigenvalue weighted by atomic mass is 9.94. The molecule has 0 unspecified atom stereocenters. The fourth-order valence-corrected chi connectivity index (χ4v) is 2.71. The Morgan fingerprint density at radius 1 is 0.923 bits per heavy atom. The SMILES string of the molecule is CN(C)c1cc(C(=O)N2CCN(C(=O)C(C)(C)C)CC2)nc(N(C)C)n1. The van der Waals surface area contributed by atoms with Gasteiger partial charge in [0.05, 0.1) is 0 Å². The van der Waals surface area contributed by atoms with E-state index in [-0.39, 0.29) is 11.8 Å². The maximum Gasteiger partial charge on any atom is 0.272 e. The Morgan fingerprint density at radius 3 is 1.92 bits per heavy atom. The number of aromatic nitrogens is 2. The summed E-state index contributed by atoms with van der Waals surface area (Å²) in [6.07, 6.45) is 0. The smallest absolute Gasteiger partial charge is 0.272 e. The molecule has 1 fully saturated rings. The summed E-state index contributed by atoms with van der Waals surface area (Å²) in [5.41, 5.74) is -0.0249. The summed E-state index contributed by atoms with van der Waals surface area (Å²) >= 11 is 0. The van der Waals surface area contributed by atoms with Gasteiger partial charge in [-0.3, -0.25) is 9.59 Å². The van der Waals surface area contributed by atoms with Crippen LogP contribution in [0.5, 0.6) is 0 Å². The molecule has 8 nitrogen and oxygen atoms in total. The van der Waals surface area contributed by atoms with Gasteiger partial charge >= 0.3 is 0 Å². The number of nitrogens with zero attached hydrogens (tertiary/aromatic N) is 6. The number of hydrogen-bond acceptors (Lipinski definition) is 6. The second kappa shape index (κ2) is 7.47. The molecule has 2 heterocycles. The highest BCUT2D eigenvalue weighted by Gasteiger charge is 2.31. The molecule has 2 amide bonds. The summed E-state index contributed by atoms with van der Waals surface area (Å²) in [7, 11) is 7.46. The lowest BCUT2D eigenvalue weighted by molar-refractivity contribution is -0.140. The molecule has 0 N–H and O–H groups in total. The van der Waals surface area contributed by atoms with E-state index in [1.165, 1.54) is 0 Å². The van der Waals surface area contributed by atoms with Gasteiger partial charge < -0.3 is 19.6 Å². The van der Waals surface area contributed by atoms with Crippen molar-refractivity contribution in [3.63, 3.8) is 0 Å². The summed E-state index contributed by atoms with van der Waals surface area (Å²) in [6.45, 7) is 7.87. The zero-order valence-corrected chi connectivity index (χ0v) is 16.9. The van der Waals surface area contributed by atoms with E-state index >= 15 is 0 Å². The first-order valence-electron chi connectivity index (χ1n) is 8.83. The normalized spacial score (nSPS) is 15.0. The number of anilines is 2. The third-order valence-electron chi connectivity index (χ3n) is 4.27. The Balaban J connectivity index is 2.14. The number of carbonyl (C=O) groups excluding carboxylic acids is 2. The molecular weight excluding hydrogens is 332 g/mol. The van der Waals surface area contributed by atoms with Crippen LogP contribution in [0.2, 0.25) is 0 Å². The van der Waals surface area contributed by atoms with Crippen molar-refractivity contribution in [3.05, 3.63) is 11.8 Å². The number of hydrogen-bond donors (Lipinski definition) is 0. The average molecular weight is 362 g/mol. The maximum atomic E-state index is 12.9. The molecule has 1 saturated heterocycles. The third-order valence-corrected chi connectivity index (χ3v) is 4.27. The van der Waals surface area contributed by atoms with Crippen LogP contribution < -0.4 is 9.80 Å². The van der Waals surface area contributed by atoms with Crippen molar-refractivity contribution in [1.82, 2.24) is 19.8 Å². The first kappa shape index (κ1) is 19.9. The maximum absolute atomic E-state index is 12.9. The Bertz CT molecular complexity index is 646. The quantitative estimate of drug-likeness (QED) is 0.797. The van der Waals surface area contributed by atoms with Crippen molar-refractivity contribution in [2.75, 3.05) is 64.2 Å². The molecule has 144 valence electrons. The molecule has 26 heavy (non-hydrogen) atoms. The highest BCUT2D eigenvalue weighted by molar-refractivity contribution is 5.93. The van der Waals surface area contributed by atoms with Crippen molar-refractivity contribution >= 4 is 23.6 Å². The summed E-state index contributed by atoms with van der Waals surface area (Å²) in [4.78, 5) is 41.4. The van der Waals surface area contributed by atoms with Crippen LogP contribution in [0.25, 0.3) is 0 Å². The molecule has 1 aromatic rings. The highest BCUT2D eigenvalue weighted by Crippen LogP contribution is 2.20. The highest BCUT2D eigenvalue weighted by atomic mass is 16.2. The molecular formula is C18H30N6O2. The molecule has 2 rings (SSSR count). The van der Waals surface area contributed by atoms with E-state index in [0.717, 1.165) is 0 Å². The first-order valence-corrected chi connectivity index (χ1v) is 8.83. The number of rotatable bonds is 3. The standard InChI is InChI=1S/C18H30N6O2/c1-18(2,3)16(26)24-10-8-23(9-11-24)15(25)13-12-14(21(4)5)20-17(19-13)22(6)7/h12H,8-11H2,1-7H3. The van der Waals surface area contributed by atoms with E-state index in [0.29, 0.717) is 43.6 Å². The van der Waals surface area contributed by atoms with Crippen LogP contribution in [0.15, 0.2) is 6.07 Å². The van der Waals surface area contributed by atoms with Crippen molar-refractivity contribution < 1.29 is 9.59 Å². The molecule has 0 radical (unpaired) electrons. The van der Waals surface area contributed by atoms with Gasteiger partial charge in [-0.05, 0) is 0 Å². The summed E-state index contributed by atoms with van der Waals surface area (Å²) in [6, 6.07) is 1.71. The van der Waals surface area contributed by atoms with Crippen molar-refractivity contribution in [2.45, 2.75) is 20.8 Å². The predicted molar refractivity (Wildman–Crippen MR) is 103 cm³/mol. The number of piperazine rings is 1. The second-order valence-electron chi connectivity index (χ2n) is 8.03. The van der Waals surface area contributed by atoms with E-state index in [2.05, 4.69) is 9.97 Å². The Hall–Kier alpha value is -2.38. The minimum Gasteiger partial charge on any atom is -0.363 e. The first-order chi connectivity index (χ1) is 12.0. The van der Waals surface area contributed by atoms with Crippen LogP contribution in [0, 0.1) is 5.41 Å².